The summed E-state index contributed by atoms with van der Waals surface area (Å²) in [5, 5.41) is 6.39. The van der Waals surface area contributed by atoms with Crippen molar-refractivity contribution in [2.45, 2.75) is 46.1 Å². The number of thiazole rings is 1. The number of hydrogen-bond acceptors (Lipinski definition) is 4. The average Bonchev–Trinajstić information content (AvgIpc) is 2.87. The predicted octanol–water partition coefficient (Wildman–Crippen LogP) is 2.26. The third kappa shape index (κ3) is 3.34. The Hall–Kier alpha value is -1.63. The number of anilines is 1. The summed E-state index contributed by atoms with van der Waals surface area (Å²) in [5.74, 6) is 0.683. The molecular weight excluding hydrogens is 312 g/mol. The number of amides is 3. The lowest BCUT2D eigenvalue weighted by Gasteiger charge is -2.36. The van der Waals surface area contributed by atoms with Crippen molar-refractivity contribution in [3.8, 4) is 0 Å². The number of nitrogens with zero attached hydrogens (tertiary/aromatic N) is 2. The maximum Gasteiger partial charge on any atom is 0.324 e. The summed E-state index contributed by atoms with van der Waals surface area (Å²) >= 11 is 1.57. The summed E-state index contributed by atoms with van der Waals surface area (Å²) in [6, 6.07) is -0.643. The molecule has 126 valence electrons. The number of nitrogens with one attached hydrogen (secondary N) is 2. The van der Waals surface area contributed by atoms with E-state index in [1.54, 1.807) is 16.2 Å². The van der Waals surface area contributed by atoms with E-state index in [0.29, 0.717) is 24.1 Å². The van der Waals surface area contributed by atoms with Crippen LogP contribution in [0, 0.1) is 11.8 Å². The van der Waals surface area contributed by atoms with Crippen LogP contribution in [0.5, 0.6) is 0 Å². The summed E-state index contributed by atoms with van der Waals surface area (Å²) in [5.41, 5.74) is 1.13. The molecule has 1 aromatic rings. The fraction of sp³-hybridized carbons (Fsp3) is 0.688. The van der Waals surface area contributed by atoms with E-state index in [1.165, 1.54) is 4.88 Å². The lowest BCUT2D eigenvalue weighted by atomic mass is 9.93. The van der Waals surface area contributed by atoms with E-state index in [-0.39, 0.29) is 17.9 Å². The molecule has 2 heterocycles. The van der Waals surface area contributed by atoms with Crippen molar-refractivity contribution in [3.63, 3.8) is 0 Å². The second-order valence-electron chi connectivity index (χ2n) is 6.84. The average molecular weight is 336 g/mol. The minimum atomic E-state index is -0.418. The Morgan fingerprint density at radius 1 is 1.48 bits per heavy atom. The van der Waals surface area contributed by atoms with E-state index < -0.39 is 6.04 Å². The van der Waals surface area contributed by atoms with Crippen molar-refractivity contribution < 1.29 is 9.59 Å². The highest BCUT2D eigenvalue weighted by Crippen LogP contribution is 2.32. The van der Waals surface area contributed by atoms with Crippen LogP contribution in [0.2, 0.25) is 0 Å². The van der Waals surface area contributed by atoms with Gasteiger partial charge in [-0.3, -0.25) is 10.1 Å². The van der Waals surface area contributed by atoms with Crippen molar-refractivity contribution in [2.24, 2.45) is 11.8 Å². The summed E-state index contributed by atoms with van der Waals surface area (Å²) in [6.45, 7) is 7.20. The Labute approximate surface area is 140 Å². The fourth-order valence-corrected chi connectivity index (χ4v) is 4.49. The summed E-state index contributed by atoms with van der Waals surface area (Å²) in [7, 11) is 0. The molecule has 7 heteroatoms. The first-order valence-corrected chi connectivity index (χ1v) is 9.11. The van der Waals surface area contributed by atoms with Crippen molar-refractivity contribution in [1.82, 2.24) is 15.2 Å². The third-order valence-electron chi connectivity index (χ3n) is 4.55. The zero-order valence-corrected chi connectivity index (χ0v) is 14.7. The third-order valence-corrected chi connectivity index (χ3v) is 5.58. The maximum absolute atomic E-state index is 12.6. The molecule has 3 amide bonds. The minimum absolute atomic E-state index is 0.0753. The van der Waals surface area contributed by atoms with Gasteiger partial charge in [-0.25, -0.2) is 9.78 Å². The van der Waals surface area contributed by atoms with Gasteiger partial charge in [0, 0.05) is 18.0 Å². The highest BCUT2D eigenvalue weighted by molar-refractivity contribution is 7.15. The monoisotopic (exact) mass is 336 g/mol. The SMILES string of the molecule is CC1CCc2nc(NC(=O)N3CCNC(=O)C3C(C)C)sc2C1. The van der Waals surface area contributed by atoms with Gasteiger partial charge >= 0.3 is 6.03 Å². The molecule has 3 rings (SSSR count). The standard InChI is InChI=1S/C16H24N4O2S/c1-9(2)13-14(21)17-6-7-20(13)16(22)19-15-18-11-5-4-10(3)8-12(11)23-15/h9-10,13H,4-8H2,1-3H3,(H,17,21)(H,18,19,22). The van der Waals surface area contributed by atoms with Gasteiger partial charge in [-0.15, -0.1) is 11.3 Å². The number of hydrogen-bond donors (Lipinski definition) is 2. The maximum atomic E-state index is 12.6. The molecule has 0 aromatic carbocycles. The molecule has 0 radical (unpaired) electrons. The van der Waals surface area contributed by atoms with Gasteiger partial charge in [-0.1, -0.05) is 20.8 Å². The molecule has 1 aliphatic carbocycles. The van der Waals surface area contributed by atoms with Crippen LogP contribution >= 0.6 is 11.3 Å². The molecule has 0 spiro atoms. The lowest BCUT2D eigenvalue weighted by molar-refractivity contribution is -0.129. The normalized spacial score (nSPS) is 24.3. The first-order valence-electron chi connectivity index (χ1n) is 8.29. The molecule has 0 saturated carbocycles. The number of carbonyl (C=O) groups excluding carboxylic acids is 2. The van der Waals surface area contributed by atoms with E-state index in [9.17, 15) is 9.59 Å². The van der Waals surface area contributed by atoms with E-state index >= 15 is 0 Å². The Bertz CT molecular complexity index is 613. The molecule has 2 unspecified atom stereocenters. The Morgan fingerprint density at radius 3 is 3.00 bits per heavy atom. The van der Waals surface area contributed by atoms with Gasteiger partial charge < -0.3 is 10.2 Å². The highest BCUT2D eigenvalue weighted by atomic mass is 32.1. The van der Waals surface area contributed by atoms with Crippen LogP contribution in [0.4, 0.5) is 9.93 Å². The van der Waals surface area contributed by atoms with Crippen molar-refractivity contribution in [2.75, 3.05) is 18.4 Å². The molecular formula is C16H24N4O2S. The van der Waals surface area contributed by atoms with Crippen molar-refractivity contribution in [3.05, 3.63) is 10.6 Å². The van der Waals surface area contributed by atoms with Crippen LogP contribution in [0.1, 0.15) is 37.8 Å². The van der Waals surface area contributed by atoms with Gasteiger partial charge in [-0.2, -0.15) is 0 Å². The number of urea groups is 1. The zero-order valence-electron chi connectivity index (χ0n) is 13.9. The predicted molar refractivity (Wildman–Crippen MR) is 90.7 cm³/mol. The summed E-state index contributed by atoms with van der Waals surface area (Å²) in [6.07, 6.45) is 3.19. The van der Waals surface area contributed by atoms with Crippen LogP contribution in [-0.4, -0.2) is 41.0 Å². The minimum Gasteiger partial charge on any atom is -0.353 e. The topological polar surface area (TPSA) is 74.3 Å². The van der Waals surface area contributed by atoms with Gasteiger partial charge in [0.2, 0.25) is 5.91 Å². The Balaban J connectivity index is 1.72. The molecule has 6 nitrogen and oxygen atoms in total. The van der Waals surface area contributed by atoms with Crippen LogP contribution in [0.3, 0.4) is 0 Å². The highest BCUT2D eigenvalue weighted by Gasteiger charge is 2.35. The number of fused-ring (bicyclic) bond motifs is 1. The Morgan fingerprint density at radius 2 is 2.26 bits per heavy atom. The second kappa shape index (κ2) is 6.47. The molecule has 2 N–H and O–H groups in total. The van der Waals surface area contributed by atoms with Gasteiger partial charge in [0.1, 0.15) is 6.04 Å². The van der Waals surface area contributed by atoms with Crippen molar-refractivity contribution in [1.29, 1.82) is 0 Å². The zero-order chi connectivity index (χ0) is 16.6. The number of piperazine rings is 1. The quantitative estimate of drug-likeness (QED) is 0.870. The molecule has 23 heavy (non-hydrogen) atoms. The summed E-state index contributed by atoms with van der Waals surface area (Å²) < 4.78 is 0. The number of aromatic nitrogens is 1. The molecule has 1 fully saturated rings. The Kier molecular flexibility index (Phi) is 4.57. The number of carbonyl (C=O) groups is 2. The van der Waals surface area contributed by atoms with E-state index in [1.807, 2.05) is 13.8 Å². The van der Waals surface area contributed by atoms with Crippen LogP contribution in [-0.2, 0) is 17.6 Å². The van der Waals surface area contributed by atoms with Gasteiger partial charge in [0.25, 0.3) is 0 Å². The first kappa shape index (κ1) is 16.2. The van der Waals surface area contributed by atoms with E-state index in [0.717, 1.165) is 25.0 Å². The van der Waals surface area contributed by atoms with Crippen LogP contribution < -0.4 is 10.6 Å². The largest absolute Gasteiger partial charge is 0.353 e. The molecule has 1 aromatic heterocycles. The van der Waals surface area contributed by atoms with Crippen LogP contribution in [0.15, 0.2) is 0 Å². The van der Waals surface area contributed by atoms with Crippen LogP contribution in [0.25, 0.3) is 0 Å². The molecule has 0 bridgehead atoms. The van der Waals surface area contributed by atoms with E-state index in [4.69, 9.17) is 0 Å². The number of aryl methyl sites for hydroxylation is 1. The number of rotatable bonds is 2. The first-order chi connectivity index (χ1) is 11.0. The second-order valence-corrected chi connectivity index (χ2v) is 7.92. The van der Waals surface area contributed by atoms with Gasteiger partial charge in [0.15, 0.2) is 5.13 Å². The smallest absolute Gasteiger partial charge is 0.324 e. The molecule has 1 saturated heterocycles. The van der Waals surface area contributed by atoms with E-state index in [2.05, 4.69) is 22.5 Å². The van der Waals surface area contributed by atoms with Gasteiger partial charge in [0.05, 0.1) is 5.69 Å². The van der Waals surface area contributed by atoms with Gasteiger partial charge in [-0.05, 0) is 31.1 Å². The summed E-state index contributed by atoms with van der Waals surface area (Å²) in [4.78, 5) is 32.1. The van der Waals surface area contributed by atoms with Crippen molar-refractivity contribution >= 4 is 28.4 Å². The lowest BCUT2D eigenvalue weighted by Crippen LogP contribution is -2.60. The molecule has 1 aliphatic heterocycles. The molecule has 2 atom stereocenters. The molecule has 2 aliphatic rings. The fourth-order valence-electron chi connectivity index (χ4n) is 3.33.